The van der Waals surface area contributed by atoms with Crippen molar-refractivity contribution in [3.05, 3.63) is 66.2 Å². The zero-order valence-electron chi connectivity index (χ0n) is 14.1. The van der Waals surface area contributed by atoms with Crippen molar-refractivity contribution in [3.8, 4) is 5.75 Å². The Morgan fingerprint density at radius 3 is 2.38 bits per heavy atom. The summed E-state index contributed by atoms with van der Waals surface area (Å²) < 4.78 is 6.52. The molecule has 1 saturated carbocycles. The SMILES string of the molecule is C=CCc1ccc(C2(Oc3cc(N)ccc3N)CCCCC2)cc1. The molecule has 0 saturated heterocycles. The van der Waals surface area contributed by atoms with Crippen LogP contribution in [0, 0.1) is 0 Å². The maximum absolute atomic E-state index is 6.52. The van der Waals surface area contributed by atoms with Gasteiger partial charge in [-0.15, -0.1) is 6.58 Å². The second-order valence-electron chi connectivity index (χ2n) is 6.64. The van der Waals surface area contributed by atoms with Gasteiger partial charge in [0.25, 0.3) is 0 Å². The van der Waals surface area contributed by atoms with Crippen molar-refractivity contribution in [3.63, 3.8) is 0 Å². The van der Waals surface area contributed by atoms with Crippen molar-refractivity contribution in [1.29, 1.82) is 0 Å². The molecule has 0 atom stereocenters. The number of rotatable bonds is 5. The van der Waals surface area contributed by atoms with Crippen molar-refractivity contribution in [2.45, 2.75) is 44.1 Å². The van der Waals surface area contributed by atoms with E-state index in [4.69, 9.17) is 16.2 Å². The monoisotopic (exact) mass is 322 g/mol. The molecule has 0 bridgehead atoms. The fraction of sp³-hybridized carbons (Fsp3) is 0.333. The van der Waals surface area contributed by atoms with Crippen LogP contribution in [0.15, 0.2) is 55.1 Å². The summed E-state index contributed by atoms with van der Waals surface area (Å²) in [5.74, 6) is 0.687. The Labute approximate surface area is 144 Å². The first-order valence-corrected chi connectivity index (χ1v) is 8.67. The van der Waals surface area contributed by atoms with E-state index in [1.807, 2.05) is 18.2 Å². The van der Waals surface area contributed by atoms with Crippen LogP contribution in [0.1, 0.15) is 43.2 Å². The number of allylic oxidation sites excluding steroid dienone is 1. The van der Waals surface area contributed by atoms with Crippen LogP contribution >= 0.6 is 0 Å². The van der Waals surface area contributed by atoms with Crippen LogP contribution in [0.5, 0.6) is 5.75 Å². The highest BCUT2D eigenvalue weighted by molar-refractivity contribution is 5.60. The number of ether oxygens (including phenoxy) is 1. The van der Waals surface area contributed by atoms with Gasteiger partial charge in [0.2, 0.25) is 0 Å². The Balaban J connectivity index is 1.95. The number of benzene rings is 2. The summed E-state index contributed by atoms with van der Waals surface area (Å²) in [5, 5.41) is 0. The predicted octanol–water partition coefficient (Wildman–Crippen LogP) is 4.82. The Kier molecular flexibility index (Phi) is 4.79. The quantitative estimate of drug-likeness (QED) is 0.613. The molecule has 0 unspecified atom stereocenters. The highest BCUT2D eigenvalue weighted by Gasteiger charge is 2.36. The lowest BCUT2D eigenvalue weighted by Gasteiger charge is -2.38. The van der Waals surface area contributed by atoms with E-state index < -0.39 is 0 Å². The van der Waals surface area contributed by atoms with Gasteiger partial charge in [-0.05, 0) is 55.4 Å². The maximum atomic E-state index is 6.52. The first-order valence-electron chi connectivity index (χ1n) is 8.67. The fourth-order valence-electron chi connectivity index (χ4n) is 3.53. The van der Waals surface area contributed by atoms with Crippen molar-refractivity contribution >= 4 is 11.4 Å². The minimum atomic E-state index is -0.313. The molecule has 2 aromatic carbocycles. The lowest BCUT2D eigenvalue weighted by molar-refractivity contribution is 0.0271. The highest BCUT2D eigenvalue weighted by atomic mass is 16.5. The van der Waals surface area contributed by atoms with Gasteiger partial charge >= 0.3 is 0 Å². The fourth-order valence-corrected chi connectivity index (χ4v) is 3.53. The molecular weight excluding hydrogens is 296 g/mol. The summed E-state index contributed by atoms with van der Waals surface area (Å²) in [7, 11) is 0. The zero-order chi connectivity index (χ0) is 17.0. The smallest absolute Gasteiger partial charge is 0.145 e. The minimum Gasteiger partial charge on any atom is -0.480 e. The molecule has 1 fully saturated rings. The van der Waals surface area contributed by atoms with Gasteiger partial charge in [-0.1, -0.05) is 36.8 Å². The number of hydrogen-bond acceptors (Lipinski definition) is 3. The van der Waals surface area contributed by atoms with Gasteiger partial charge in [-0.3, -0.25) is 0 Å². The Bertz CT molecular complexity index is 700. The van der Waals surface area contributed by atoms with Gasteiger partial charge in [-0.25, -0.2) is 0 Å². The van der Waals surface area contributed by atoms with E-state index in [0.717, 1.165) is 32.1 Å². The third kappa shape index (κ3) is 3.40. The summed E-state index contributed by atoms with van der Waals surface area (Å²) >= 11 is 0. The molecule has 0 aromatic heterocycles. The summed E-state index contributed by atoms with van der Waals surface area (Å²) in [6.07, 6.45) is 8.40. The van der Waals surface area contributed by atoms with E-state index in [0.29, 0.717) is 17.1 Å². The molecule has 0 heterocycles. The van der Waals surface area contributed by atoms with Crippen molar-refractivity contribution in [2.24, 2.45) is 0 Å². The second kappa shape index (κ2) is 7.00. The first kappa shape index (κ1) is 16.4. The minimum absolute atomic E-state index is 0.313. The van der Waals surface area contributed by atoms with Crippen LogP contribution in [0.4, 0.5) is 11.4 Å². The normalized spacial score (nSPS) is 16.5. The molecule has 0 spiro atoms. The van der Waals surface area contributed by atoms with Crippen molar-refractivity contribution < 1.29 is 4.74 Å². The molecule has 2 aromatic rings. The summed E-state index contributed by atoms with van der Waals surface area (Å²) in [5.41, 5.74) is 15.5. The van der Waals surface area contributed by atoms with E-state index in [1.54, 1.807) is 6.07 Å². The van der Waals surface area contributed by atoms with Gasteiger partial charge < -0.3 is 16.2 Å². The molecule has 1 aliphatic rings. The summed E-state index contributed by atoms with van der Waals surface area (Å²) in [4.78, 5) is 0. The number of nitrogen functional groups attached to an aromatic ring is 2. The molecule has 0 radical (unpaired) electrons. The summed E-state index contributed by atoms with van der Waals surface area (Å²) in [6, 6.07) is 14.2. The van der Waals surface area contributed by atoms with Gasteiger partial charge in [0, 0.05) is 11.8 Å². The van der Waals surface area contributed by atoms with Gasteiger partial charge in [-0.2, -0.15) is 0 Å². The summed E-state index contributed by atoms with van der Waals surface area (Å²) in [6.45, 7) is 3.81. The van der Waals surface area contributed by atoms with Crippen LogP contribution in [-0.2, 0) is 12.0 Å². The molecule has 3 nitrogen and oxygen atoms in total. The lowest BCUT2D eigenvalue weighted by Crippen LogP contribution is -2.35. The van der Waals surface area contributed by atoms with E-state index in [9.17, 15) is 0 Å². The maximum Gasteiger partial charge on any atom is 0.145 e. The van der Waals surface area contributed by atoms with E-state index in [2.05, 4.69) is 30.8 Å². The Hall–Kier alpha value is -2.42. The molecule has 1 aliphatic carbocycles. The predicted molar refractivity (Wildman–Crippen MR) is 101 cm³/mol. The number of nitrogens with two attached hydrogens (primary N) is 2. The van der Waals surface area contributed by atoms with Gasteiger partial charge in [0.05, 0.1) is 5.69 Å². The molecule has 126 valence electrons. The zero-order valence-corrected chi connectivity index (χ0v) is 14.1. The lowest BCUT2D eigenvalue weighted by atomic mass is 9.79. The van der Waals surface area contributed by atoms with Crippen molar-refractivity contribution in [2.75, 3.05) is 11.5 Å². The van der Waals surface area contributed by atoms with Crippen LogP contribution in [0.2, 0.25) is 0 Å². The first-order chi connectivity index (χ1) is 11.6. The third-order valence-corrected chi connectivity index (χ3v) is 4.86. The molecule has 4 N–H and O–H groups in total. The van der Waals surface area contributed by atoms with E-state index in [1.165, 1.54) is 17.5 Å². The highest BCUT2D eigenvalue weighted by Crippen LogP contribution is 2.43. The average molecular weight is 322 g/mol. The number of hydrogen-bond donors (Lipinski definition) is 2. The molecule has 3 rings (SSSR count). The van der Waals surface area contributed by atoms with E-state index >= 15 is 0 Å². The van der Waals surface area contributed by atoms with Gasteiger partial charge in [0.1, 0.15) is 11.4 Å². The van der Waals surface area contributed by atoms with Crippen LogP contribution < -0.4 is 16.2 Å². The topological polar surface area (TPSA) is 61.3 Å². The Morgan fingerprint density at radius 2 is 1.71 bits per heavy atom. The molecule has 3 heteroatoms. The standard InChI is InChI=1S/C21H26N2O/c1-2-6-16-7-9-17(10-8-16)21(13-4-3-5-14-21)24-20-15-18(22)11-12-19(20)23/h2,7-12,15H,1,3-6,13-14,22-23H2. The van der Waals surface area contributed by atoms with Gasteiger partial charge in [0.15, 0.2) is 0 Å². The van der Waals surface area contributed by atoms with E-state index in [-0.39, 0.29) is 5.60 Å². The molecule has 0 amide bonds. The van der Waals surface area contributed by atoms with Crippen LogP contribution in [0.25, 0.3) is 0 Å². The third-order valence-electron chi connectivity index (χ3n) is 4.86. The Morgan fingerprint density at radius 1 is 1.00 bits per heavy atom. The molecular formula is C21H26N2O. The molecule has 0 aliphatic heterocycles. The molecule has 24 heavy (non-hydrogen) atoms. The van der Waals surface area contributed by atoms with Crippen LogP contribution in [-0.4, -0.2) is 0 Å². The van der Waals surface area contributed by atoms with Crippen molar-refractivity contribution in [1.82, 2.24) is 0 Å². The van der Waals surface area contributed by atoms with Crippen LogP contribution in [0.3, 0.4) is 0 Å². The average Bonchev–Trinajstić information content (AvgIpc) is 2.60. The second-order valence-corrected chi connectivity index (χ2v) is 6.64. The largest absolute Gasteiger partial charge is 0.480 e. The number of anilines is 2.